The maximum Gasteiger partial charge on any atom is 0.228 e. The van der Waals surface area contributed by atoms with Gasteiger partial charge in [-0.3, -0.25) is 14.4 Å². The van der Waals surface area contributed by atoms with Crippen molar-refractivity contribution >= 4 is 22.5 Å². The molecule has 0 bridgehead atoms. The van der Waals surface area contributed by atoms with Crippen molar-refractivity contribution in [1.82, 2.24) is 24.6 Å². The fraction of sp³-hybridized carbons (Fsp3) is 0.536. The second kappa shape index (κ2) is 11.0. The molecule has 0 saturated carbocycles. The Morgan fingerprint density at radius 3 is 2.58 bits per heavy atom. The predicted molar refractivity (Wildman–Crippen MR) is 141 cm³/mol. The average molecular weight is 493 g/mol. The Labute approximate surface area is 212 Å². The number of nitrogens with zero attached hydrogens (tertiary/aromatic N) is 5. The summed E-state index contributed by atoms with van der Waals surface area (Å²) in [5.74, 6) is 0.501. The molecule has 4 heterocycles. The van der Waals surface area contributed by atoms with E-state index >= 15 is 0 Å². The number of aromatic nitrogens is 3. The Morgan fingerprint density at radius 1 is 1.06 bits per heavy atom. The number of halogens is 1. The van der Waals surface area contributed by atoms with E-state index in [1.807, 2.05) is 17.8 Å². The summed E-state index contributed by atoms with van der Waals surface area (Å²) in [6.45, 7) is 6.79. The Balaban J connectivity index is 1.26. The van der Waals surface area contributed by atoms with E-state index < -0.39 is 6.17 Å². The van der Waals surface area contributed by atoms with Gasteiger partial charge in [0.15, 0.2) is 0 Å². The molecule has 192 valence electrons. The number of aryl methyl sites for hydroxylation is 1. The maximum atomic E-state index is 13.3. The molecule has 2 aromatic heterocycles. The van der Waals surface area contributed by atoms with Gasteiger partial charge in [-0.25, -0.2) is 9.37 Å². The number of likely N-dealkylation sites (tertiary alicyclic amines) is 2. The van der Waals surface area contributed by atoms with Crippen LogP contribution in [0.4, 0.5) is 10.2 Å². The summed E-state index contributed by atoms with van der Waals surface area (Å²) < 4.78 is 15.3. The van der Waals surface area contributed by atoms with Crippen LogP contribution in [0.5, 0.6) is 0 Å². The molecule has 1 N–H and O–H groups in total. The lowest BCUT2D eigenvalue weighted by Gasteiger charge is -2.31. The number of alkyl halides is 1. The molecule has 8 heteroatoms. The van der Waals surface area contributed by atoms with E-state index in [-0.39, 0.29) is 11.8 Å². The highest BCUT2D eigenvalue weighted by molar-refractivity contribution is 5.95. The number of nitrogens with one attached hydrogen (secondary N) is 1. The Morgan fingerprint density at radius 2 is 1.83 bits per heavy atom. The summed E-state index contributed by atoms with van der Waals surface area (Å²) in [4.78, 5) is 21.9. The SMILES string of the molecule is C[C@H](F)CN1CCC(C(=O)Nc2cc3cc(-c4cc(CN5CCCCC5)n(C)n4)ccc3cn2)CC1. The number of hydrogen-bond donors (Lipinski definition) is 1. The van der Waals surface area contributed by atoms with Crippen molar-refractivity contribution in [2.45, 2.75) is 51.7 Å². The number of benzene rings is 1. The van der Waals surface area contributed by atoms with Gasteiger partial charge in [0.25, 0.3) is 0 Å². The number of amides is 1. The van der Waals surface area contributed by atoms with Crippen molar-refractivity contribution in [3.8, 4) is 11.3 Å². The van der Waals surface area contributed by atoms with Gasteiger partial charge in [-0.1, -0.05) is 18.6 Å². The zero-order valence-corrected chi connectivity index (χ0v) is 21.4. The largest absolute Gasteiger partial charge is 0.310 e. The van der Waals surface area contributed by atoms with Crippen molar-refractivity contribution in [3.63, 3.8) is 0 Å². The van der Waals surface area contributed by atoms with Crippen molar-refractivity contribution in [1.29, 1.82) is 0 Å². The Hall–Kier alpha value is -2.84. The second-order valence-electron chi connectivity index (χ2n) is 10.5. The van der Waals surface area contributed by atoms with Crippen LogP contribution in [-0.4, -0.2) is 69.4 Å². The zero-order chi connectivity index (χ0) is 25.1. The molecule has 36 heavy (non-hydrogen) atoms. The fourth-order valence-corrected chi connectivity index (χ4v) is 5.47. The van der Waals surface area contributed by atoms with Gasteiger partial charge in [0.2, 0.25) is 5.91 Å². The van der Waals surface area contributed by atoms with Crippen LogP contribution in [0.2, 0.25) is 0 Å². The van der Waals surface area contributed by atoms with Crippen LogP contribution in [0.1, 0.15) is 44.7 Å². The molecule has 2 aliphatic heterocycles. The molecule has 2 aliphatic rings. The van der Waals surface area contributed by atoms with Gasteiger partial charge in [0.1, 0.15) is 12.0 Å². The Kier molecular flexibility index (Phi) is 7.62. The summed E-state index contributed by atoms with van der Waals surface area (Å²) in [6, 6.07) is 10.4. The molecule has 0 radical (unpaired) electrons. The molecule has 1 amide bonds. The highest BCUT2D eigenvalue weighted by atomic mass is 19.1. The van der Waals surface area contributed by atoms with E-state index in [1.165, 1.54) is 25.0 Å². The highest BCUT2D eigenvalue weighted by Gasteiger charge is 2.26. The molecule has 0 unspecified atom stereocenters. The summed E-state index contributed by atoms with van der Waals surface area (Å²) in [7, 11) is 2.02. The van der Waals surface area contributed by atoms with Crippen LogP contribution >= 0.6 is 0 Å². The van der Waals surface area contributed by atoms with Crippen molar-refractivity contribution in [3.05, 3.63) is 42.2 Å². The second-order valence-corrected chi connectivity index (χ2v) is 10.5. The third kappa shape index (κ3) is 5.93. The lowest BCUT2D eigenvalue weighted by Crippen LogP contribution is -2.40. The summed E-state index contributed by atoms with van der Waals surface area (Å²) in [6.07, 6.45) is 6.35. The van der Waals surface area contributed by atoms with Gasteiger partial charge >= 0.3 is 0 Å². The lowest BCUT2D eigenvalue weighted by molar-refractivity contribution is -0.121. The Bertz CT molecular complexity index is 1190. The summed E-state index contributed by atoms with van der Waals surface area (Å²) >= 11 is 0. The number of carbonyl (C=O) groups excluding carboxylic acids is 1. The summed E-state index contributed by atoms with van der Waals surface area (Å²) in [5, 5.41) is 9.84. The van der Waals surface area contributed by atoms with E-state index in [0.717, 1.165) is 67.6 Å². The quantitative estimate of drug-likeness (QED) is 0.521. The third-order valence-corrected chi connectivity index (χ3v) is 7.55. The van der Waals surface area contributed by atoms with E-state index in [2.05, 4.69) is 44.4 Å². The smallest absolute Gasteiger partial charge is 0.228 e. The first-order valence-corrected chi connectivity index (χ1v) is 13.3. The first-order chi connectivity index (χ1) is 17.4. The molecular formula is C28H37FN6O. The van der Waals surface area contributed by atoms with Crippen molar-refractivity contribution in [2.75, 3.05) is 38.0 Å². The molecule has 1 atom stereocenters. The molecular weight excluding hydrogens is 455 g/mol. The minimum Gasteiger partial charge on any atom is -0.310 e. The number of piperidine rings is 2. The molecule has 0 spiro atoms. The number of rotatable bonds is 7. The molecule has 1 aromatic carbocycles. The minimum atomic E-state index is -0.839. The molecule has 2 fully saturated rings. The normalized spacial score (nSPS) is 19.0. The van der Waals surface area contributed by atoms with Gasteiger partial charge in [-0.05, 0) is 82.4 Å². The van der Waals surface area contributed by atoms with Crippen LogP contribution in [0.15, 0.2) is 36.5 Å². The first kappa shape index (κ1) is 24.8. The average Bonchev–Trinajstić information content (AvgIpc) is 3.24. The van der Waals surface area contributed by atoms with Crippen molar-refractivity contribution < 1.29 is 9.18 Å². The molecule has 7 nitrogen and oxygen atoms in total. The van der Waals surface area contributed by atoms with Crippen LogP contribution < -0.4 is 5.32 Å². The van der Waals surface area contributed by atoms with Crippen LogP contribution in [-0.2, 0) is 18.4 Å². The molecule has 5 rings (SSSR count). The zero-order valence-electron chi connectivity index (χ0n) is 21.4. The highest BCUT2D eigenvalue weighted by Crippen LogP contribution is 2.27. The number of carbonyl (C=O) groups is 1. The van der Waals surface area contributed by atoms with E-state index in [4.69, 9.17) is 5.10 Å². The van der Waals surface area contributed by atoms with Crippen molar-refractivity contribution in [2.24, 2.45) is 13.0 Å². The number of fused-ring (bicyclic) bond motifs is 1. The van der Waals surface area contributed by atoms with Gasteiger partial charge in [0.05, 0.1) is 11.4 Å². The third-order valence-electron chi connectivity index (χ3n) is 7.55. The minimum absolute atomic E-state index is 0.00182. The number of hydrogen-bond acceptors (Lipinski definition) is 5. The van der Waals surface area contributed by atoms with Crippen LogP contribution in [0.3, 0.4) is 0 Å². The monoisotopic (exact) mass is 492 g/mol. The van der Waals surface area contributed by atoms with E-state index in [9.17, 15) is 9.18 Å². The predicted octanol–water partition coefficient (Wildman–Crippen LogP) is 4.63. The first-order valence-electron chi connectivity index (χ1n) is 13.3. The number of pyridine rings is 1. The van der Waals surface area contributed by atoms with Gasteiger partial charge in [0, 0.05) is 43.2 Å². The van der Waals surface area contributed by atoms with Gasteiger partial charge in [-0.2, -0.15) is 5.10 Å². The summed E-state index contributed by atoms with van der Waals surface area (Å²) in [5.41, 5.74) is 3.24. The standard InChI is InChI=1S/C28H37FN6O/c1-20(29)18-35-12-8-21(9-13-35)28(36)31-27-15-24-14-22(6-7-23(24)17-30-27)26-16-25(33(2)32-26)19-34-10-4-3-5-11-34/h6-7,14-17,20-21H,3-5,8-13,18-19H2,1-2H3,(H,30,31,36)/t20-/m0/s1. The van der Waals surface area contributed by atoms with E-state index in [1.54, 1.807) is 13.1 Å². The van der Waals surface area contributed by atoms with Crippen LogP contribution in [0.25, 0.3) is 22.0 Å². The maximum absolute atomic E-state index is 13.3. The van der Waals surface area contributed by atoms with Crippen LogP contribution in [0, 0.1) is 5.92 Å². The topological polar surface area (TPSA) is 66.3 Å². The van der Waals surface area contributed by atoms with Gasteiger partial charge in [-0.15, -0.1) is 0 Å². The molecule has 2 saturated heterocycles. The fourth-order valence-electron chi connectivity index (χ4n) is 5.47. The number of anilines is 1. The molecule has 3 aromatic rings. The van der Waals surface area contributed by atoms with Gasteiger partial charge < -0.3 is 10.2 Å². The molecule has 0 aliphatic carbocycles. The lowest BCUT2D eigenvalue weighted by atomic mass is 9.95. The van der Waals surface area contributed by atoms with E-state index in [0.29, 0.717) is 12.4 Å².